The van der Waals surface area contributed by atoms with Gasteiger partial charge < -0.3 is 25.0 Å². The van der Waals surface area contributed by atoms with Crippen molar-refractivity contribution in [3.63, 3.8) is 0 Å². The van der Waals surface area contributed by atoms with Crippen molar-refractivity contribution in [2.45, 2.75) is 58.7 Å². The van der Waals surface area contributed by atoms with Crippen LogP contribution in [0, 0.1) is 6.92 Å². The van der Waals surface area contributed by atoms with E-state index in [4.69, 9.17) is 9.47 Å². The number of carbonyl (C=O) groups is 3. The second-order valence-corrected chi connectivity index (χ2v) is 8.18. The molecule has 1 aliphatic rings. The minimum absolute atomic E-state index is 0.0463. The van der Waals surface area contributed by atoms with Crippen LogP contribution in [0.5, 0.6) is 0 Å². The van der Waals surface area contributed by atoms with Gasteiger partial charge in [0.25, 0.3) is 0 Å². The lowest BCUT2D eigenvalue weighted by molar-refractivity contribution is -0.144. The lowest BCUT2D eigenvalue weighted by Gasteiger charge is -2.24. The summed E-state index contributed by atoms with van der Waals surface area (Å²) in [6, 6.07) is 5.23. The Morgan fingerprint density at radius 2 is 2.03 bits per heavy atom. The summed E-state index contributed by atoms with van der Waals surface area (Å²) in [6.07, 6.45) is 0.0396. The van der Waals surface area contributed by atoms with Gasteiger partial charge in [-0.3, -0.25) is 9.59 Å². The molecule has 2 N–H and O–H groups in total. The number of carbonyl (C=O) groups excluding carboxylic acids is 3. The van der Waals surface area contributed by atoms with Crippen molar-refractivity contribution in [1.29, 1.82) is 0 Å². The first-order valence-electron chi connectivity index (χ1n) is 9.77. The Bertz CT molecular complexity index is 757. The molecule has 0 aromatic heterocycles. The number of benzene rings is 1. The van der Waals surface area contributed by atoms with Crippen molar-refractivity contribution < 1.29 is 23.9 Å². The van der Waals surface area contributed by atoms with Crippen LogP contribution in [0.4, 0.5) is 10.5 Å². The van der Waals surface area contributed by atoms with Crippen LogP contribution in [-0.4, -0.2) is 54.7 Å². The molecule has 160 valence electrons. The third-order valence-electron chi connectivity index (χ3n) is 4.43. The minimum atomic E-state index is -0.690. The van der Waals surface area contributed by atoms with Gasteiger partial charge in [-0.2, -0.15) is 0 Å². The first-order valence-corrected chi connectivity index (χ1v) is 9.77. The highest BCUT2D eigenvalue weighted by Crippen LogP contribution is 2.25. The summed E-state index contributed by atoms with van der Waals surface area (Å²) in [7, 11) is 1.31. The van der Waals surface area contributed by atoms with E-state index in [1.54, 1.807) is 25.7 Å². The molecule has 1 aliphatic heterocycles. The number of esters is 1. The number of fused-ring (bicyclic) bond motifs is 1. The van der Waals surface area contributed by atoms with E-state index in [0.29, 0.717) is 26.1 Å². The third-order valence-corrected chi connectivity index (χ3v) is 4.43. The highest BCUT2D eigenvalue weighted by Gasteiger charge is 2.31. The number of alkyl carbamates (subject to hydrolysis) is 1. The van der Waals surface area contributed by atoms with Crippen LogP contribution in [0.1, 0.15) is 44.7 Å². The number of ether oxygens (including phenoxy) is 2. The summed E-state index contributed by atoms with van der Waals surface area (Å²) < 4.78 is 9.95. The maximum Gasteiger partial charge on any atom is 0.407 e. The molecular weight excluding hydrogens is 374 g/mol. The zero-order valence-electron chi connectivity index (χ0n) is 17.8. The molecule has 0 spiro atoms. The number of methoxy groups -OCH3 is 1. The fourth-order valence-electron chi connectivity index (χ4n) is 3.10. The van der Waals surface area contributed by atoms with Gasteiger partial charge in [-0.15, -0.1) is 0 Å². The summed E-state index contributed by atoms with van der Waals surface area (Å²) in [5.74, 6) is -0.612. The van der Waals surface area contributed by atoms with Gasteiger partial charge in [0, 0.05) is 25.3 Å². The second kappa shape index (κ2) is 9.62. The van der Waals surface area contributed by atoms with Crippen molar-refractivity contribution >= 4 is 23.7 Å². The smallest absolute Gasteiger partial charge is 0.407 e. The molecule has 1 atom stereocenters. The summed E-state index contributed by atoms with van der Waals surface area (Å²) >= 11 is 0. The maximum absolute atomic E-state index is 13.0. The van der Waals surface area contributed by atoms with E-state index in [2.05, 4.69) is 10.6 Å². The summed E-state index contributed by atoms with van der Waals surface area (Å²) in [5, 5.41) is 5.89. The molecule has 1 heterocycles. The van der Waals surface area contributed by atoms with Crippen molar-refractivity contribution in [2.24, 2.45) is 0 Å². The Labute approximate surface area is 171 Å². The summed E-state index contributed by atoms with van der Waals surface area (Å²) in [5.41, 5.74) is 2.37. The van der Waals surface area contributed by atoms with Crippen LogP contribution in [-0.2, 0) is 25.6 Å². The largest absolute Gasteiger partial charge is 0.469 e. The van der Waals surface area contributed by atoms with E-state index in [-0.39, 0.29) is 12.3 Å². The van der Waals surface area contributed by atoms with Crippen LogP contribution in [0.2, 0.25) is 0 Å². The Hall–Kier alpha value is -2.77. The molecule has 1 aromatic carbocycles. The van der Waals surface area contributed by atoms with Gasteiger partial charge in [0.05, 0.1) is 13.5 Å². The Morgan fingerprint density at radius 3 is 2.69 bits per heavy atom. The SMILES string of the molecule is COC(=O)C[C@H]1Nc2ccc(C)cc2CN(CCCNC(=O)OC(C)(C)C)C1=O. The predicted molar refractivity (Wildman–Crippen MR) is 109 cm³/mol. The molecule has 2 amide bonds. The zero-order valence-corrected chi connectivity index (χ0v) is 17.8. The first-order chi connectivity index (χ1) is 13.6. The van der Waals surface area contributed by atoms with Gasteiger partial charge in [0.15, 0.2) is 0 Å². The second-order valence-electron chi connectivity index (χ2n) is 8.18. The lowest BCUT2D eigenvalue weighted by Crippen LogP contribution is -2.43. The number of nitrogens with zero attached hydrogens (tertiary/aromatic N) is 1. The van der Waals surface area contributed by atoms with Gasteiger partial charge in [0.1, 0.15) is 11.6 Å². The van der Waals surface area contributed by atoms with E-state index in [1.165, 1.54) is 7.11 Å². The quantitative estimate of drug-likeness (QED) is 0.558. The molecule has 0 radical (unpaired) electrons. The van der Waals surface area contributed by atoms with Gasteiger partial charge in [0.2, 0.25) is 5.91 Å². The van der Waals surface area contributed by atoms with Gasteiger partial charge >= 0.3 is 12.1 Å². The molecule has 8 heteroatoms. The third kappa shape index (κ3) is 6.96. The molecule has 0 bridgehead atoms. The minimum Gasteiger partial charge on any atom is -0.469 e. The molecule has 29 heavy (non-hydrogen) atoms. The van der Waals surface area contributed by atoms with Crippen LogP contribution in [0.25, 0.3) is 0 Å². The maximum atomic E-state index is 13.0. The monoisotopic (exact) mass is 405 g/mol. The van der Waals surface area contributed by atoms with E-state index < -0.39 is 23.7 Å². The van der Waals surface area contributed by atoms with E-state index in [1.807, 2.05) is 25.1 Å². The number of aryl methyl sites for hydroxylation is 1. The van der Waals surface area contributed by atoms with Crippen LogP contribution >= 0.6 is 0 Å². The van der Waals surface area contributed by atoms with Crippen LogP contribution < -0.4 is 10.6 Å². The van der Waals surface area contributed by atoms with E-state index in [0.717, 1.165) is 16.8 Å². The van der Waals surface area contributed by atoms with E-state index >= 15 is 0 Å². The molecule has 0 saturated carbocycles. The Morgan fingerprint density at radius 1 is 1.31 bits per heavy atom. The zero-order chi connectivity index (χ0) is 21.6. The number of anilines is 1. The number of nitrogens with one attached hydrogen (secondary N) is 2. The summed E-state index contributed by atoms with van der Waals surface area (Å²) in [6.45, 7) is 8.67. The highest BCUT2D eigenvalue weighted by molar-refractivity contribution is 5.90. The highest BCUT2D eigenvalue weighted by atomic mass is 16.6. The lowest BCUT2D eigenvalue weighted by atomic mass is 10.1. The van der Waals surface area contributed by atoms with Crippen LogP contribution in [0.15, 0.2) is 18.2 Å². The average Bonchev–Trinajstić information content (AvgIpc) is 2.74. The molecule has 0 saturated heterocycles. The van der Waals surface area contributed by atoms with Crippen molar-refractivity contribution in [2.75, 3.05) is 25.5 Å². The standard InChI is InChI=1S/C21H31N3O5/c1-14-7-8-16-15(11-14)13-24(19(26)17(23-16)12-18(25)28-5)10-6-9-22-20(27)29-21(2,3)4/h7-8,11,17,23H,6,9-10,12-13H2,1-5H3,(H,22,27)/t17-/m1/s1. The molecule has 1 aromatic rings. The number of hydrogen-bond donors (Lipinski definition) is 2. The first kappa shape index (κ1) is 22.5. The van der Waals surface area contributed by atoms with Gasteiger partial charge in [-0.1, -0.05) is 17.7 Å². The van der Waals surface area contributed by atoms with Crippen molar-refractivity contribution in [3.8, 4) is 0 Å². The fraction of sp³-hybridized carbons (Fsp3) is 0.571. The molecule has 0 unspecified atom stereocenters. The average molecular weight is 405 g/mol. The number of rotatable bonds is 6. The molecule has 8 nitrogen and oxygen atoms in total. The van der Waals surface area contributed by atoms with Crippen molar-refractivity contribution in [3.05, 3.63) is 29.3 Å². The van der Waals surface area contributed by atoms with E-state index in [9.17, 15) is 14.4 Å². The van der Waals surface area contributed by atoms with Gasteiger partial charge in [-0.05, 0) is 45.7 Å². The Balaban J connectivity index is 2.03. The number of hydrogen-bond acceptors (Lipinski definition) is 6. The Kier molecular flexibility index (Phi) is 7.47. The fourth-order valence-corrected chi connectivity index (χ4v) is 3.10. The topological polar surface area (TPSA) is 97.0 Å². The summed E-state index contributed by atoms with van der Waals surface area (Å²) in [4.78, 5) is 38.2. The molecule has 0 aliphatic carbocycles. The number of amides is 2. The predicted octanol–water partition coefficient (Wildman–Crippen LogP) is 2.60. The normalized spacial score (nSPS) is 16.4. The molecular formula is C21H31N3O5. The van der Waals surface area contributed by atoms with Gasteiger partial charge in [-0.25, -0.2) is 4.79 Å². The van der Waals surface area contributed by atoms with Crippen molar-refractivity contribution in [1.82, 2.24) is 10.2 Å². The molecule has 2 rings (SSSR count). The molecule has 0 fully saturated rings. The van der Waals surface area contributed by atoms with Crippen LogP contribution in [0.3, 0.4) is 0 Å².